The van der Waals surface area contributed by atoms with Crippen LogP contribution in [0.2, 0.25) is 5.15 Å². The van der Waals surface area contributed by atoms with Crippen molar-refractivity contribution in [3.8, 4) is 11.5 Å². The van der Waals surface area contributed by atoms with Crippen molar-refractivity contribution in [2.24, 2.45) is 0 Å². The number of carbonyl (C=O) groups is 1. The van der Waals surface area contributed by atoms with Crippen LogP contribution in [0.3, 0.4) is 0 Å². The van der Waals surface area contributed by atoms with E-state index in [2.05, 4.69) is 10.3 Å². The minimum atomic E-state index is -0.581. The Morgan fingerprint density at radius 2 is 2.11 bits per heavy atom. The summed E-state index contributed by atoms with van der Waals surface area (Å²) >= 11 is 5.86. The third kappa shape index (κ3) is 2.77. The van der Waals surface area contributed by atoms with Crippen LogP contribution < -0.4 is 5.32 Å². The van der Waals surface area contributed by atoms with Crippen molar-refractivity contribution in [1.82, 2.24) is 4.98 Å². The summed E-state index contributed by atoms with van der Waals surface area (Å²) in [7, 11) is 0. The first-order chi connectivity index (χ1) is 8.99. The van der Waals surface area contributed by atoms with Crippen molar-refractivity contribution in [3.05, 3.63) is 46.7 Å². The molecule has 0 aliphatic rings. The fraction of sp³-hybridized carbons (Fsp3) is 0.0769. The number of carbonyl (C=O) groups excluding carboxylic acids is 1. The number of aromatic hydroxyl groups is 2. The molecule has 0 atom stereocenters. The molecule has 1 aromatic carbocycles. The van der Waals surface area contributed by atoms with Gasteiger partial charge in [0.15, 0.2) is 16.7 Å². The summed E-state index contributed by atoms with van der Waals surface area (Å²) in [5.74, 6) is -1.42. The Labute approximate surface area is 114 Å². The zero-order chi connectivity index (χ0) is 14.0. The average Bonchev–Trinajstić information content (AvgIpc) is 2.37. The number of nitrogens with zero attached hydrogens (tertiary/aromatic N) is 1. The van der Waals surface area contributed by atoms with Gasteiger partial charge in [-0.2, -0.15) is 0 Å². The Morgan fingerprint density at radius 3 is 2.84 bits per heavy atom. The van der Waals surface area contributed by atoms with E-state index >= 15 is 0 Å². The predicted octanol–water partition coefficient (Wildman–Crippen LogP) is 2.71. The Morgan fingerprint density at radius 1 is 1.37 bits per heavy atom. The number of pyridine rings is 1. The maximum atomic E-state index is 12.0. The Bertz CT molecular complexity index is 644. The Hall–Kier alpha value is -2.27. The van der Waals surface area contributed by atoms with Gasteiger partial charge in [-0.1, -0.05) is 17.7 Å². The molecule has 0 bridgehead atoms. The van der Waals surface area contributed by atoms with Crippen LogP contribution in [0.5, 0.6) is 11.5 Å². The summed E-state index contributed by atoms with van der Waals surface area (Å²) in [5, 5.41) is 21.6. The minimum absolute atomic E-state index is 0.0439. The molecule has 0 radical (unpaired) electrons. The third-order valence-electron chi connectivity index (χ3n) is 2.48. The number of halogens is 1. The molecule has 2 aromatic rings. The number of rotatable bonds is 2. The van der Waals surface area contributed by atoms with Crippen LogP contribution in [0, 0.1) is 6.92 Å². The lowest BCUT2D eigenvalue weighted by atomic mass is 10.1. The first-order valence-electron chi connectivity index (χ1n) is 5.43. The van der Waals surface area contributed by atoms with Crippen LogP contribution in [0.1, 0.15) is 15.9 Å². The van der Waals surface area contributed by atoms with Gasteiger partial charge in [0.2, 0.25) is 0 Å². The number of anilines is 1. The molecule has 98 valence electrons. The number of hydrogen-bond acceptors (Lipinski definition) is 4. The summed E-state index contributed by atoms with van der Waals surface area (Å²) in [5.41, 5.74) is 1.13. The lowest BCUT2D eigenvalue weighted by Gasteiger charge is -2.09. The predicted molar refractivity (Wildman–Crippen MR) is 71.7 cm³/mol. The molecule has 6 heteroatoms. The minimum Gasteiger partial charge on any atom is -0.504 e. The van der Waals surface area contributed by atoms with Crippen molar-refractivity contribution in [2.75, 3.05) is 5.32 Å². The van der Waals surface area contributed by atoms with Crippen LogP contribution in [0.15, 0.2) is 30.5 Å². The van der Waals surface area contributed by atoms with E-state index in [1.54, 1.807) is 12.3 Å². The molecule has 3 N–H and O–H groups in total. The van der Waals surface area contributed by atoms with Crippen molar-refractivity contribution < 1.29 is 15.0 Å². The maximum absolute atomic E-state index is 12.0. The third-order valence-corrected chi connectivity index (χ3v) is 2.78. The number of para-hydroxylation sites is 1. The van der Waals surface area contributed by atoms with E-state index in [-0.39, 0.29) is 16.5 Å². The van der Waals surface area contributed by atoms with E-state index in [0.717, 1.165) is 5.56 Å². The van der Waals surface area contributed by atoms with Gasteiger partial charge in [0.25, 0.3) is 5.91 Å². The van der Waals surface area contributed by atoms with Crippen molar-refractivity contribution in [2.45, 2.75) is 6.92 Å². The summed E-state index contributed by atoms with van der Waals surface area (Å²) in [6.07, 6.45) is 1.57. The molecule has 2 rings (SSSR count). The van der Waals surface area contributed by atoms with E-state index in [9.17, 15) is 15.0 Å². The highest BCUT2D eigenvalue weighted by molar-refractivity contribution is 6.32. The quantitative estimate of drug-likeness (QED) is 0.583. The molecule has 1 aromatic heterocycles. The van der Waals surface area contributed by atoms with Crippen molar-refractivity contribution in [3.63, 3.8) is 0 Å². The average molecular weight is 279 g/mol. The van der Waals surface area contributed by atoms with Crippen LogP contribution in [0.4, 0.5) is 5.69 Å². The highest BCUT2D eigenvalue weighted by Crippen LogP contribution is 2.29. The molecule has 0 fully saturated rings. The van der Waals surface area contributed by atoms with Gasteiger partial charge >= 0.3 is 0 Å². The number of benzene rings is 1. The maximum Gasteiger partial charge on any atom is 0.259 e. The highest BCUT2D eigenvalue weighted by Gasteiger charge is 2.15. The summed E-state index contributed by atoms with van der Waals surface area (Å²) in [6, 6.07) is 5.79. The largest absolute Gasteiger partial charge is 0.504 e. The van der Waals surface area contributed by atoms with Gasteiger partial charge in [0.05, 0.1) is 11.3 Å². The van der Waals surface area contributed by atoms with Crippen LogP contribution in [0.25, 0.3) is 0 Å². The van der Waals surface area contributed by atoms with Gasteiger partial charge in [-0.25, -0.2) is 4.98 Å². The second kappa shape index (κ2) is 5.16. The molecule has 5 nitrogen and oxygen atoms in total. The molecule has 1 amide bonds. The molecule has 1 heterocycles. The van der Waals surface area contributed by atoms with Gasteiger partial charge in [0.1, 0.15) is 0 Å². The van der Waals surface area contributed by atoms with Crippen LogP contribution in [-0.4, -0.2) is 21.1 Å². The van der Waals surface area contributed by atoms with Gasteiger partial charge in [0, 0.05) is 6.20 Å². The molecule has 0 saturated carbocycles. The topological polar surface area (TPSA) is 82.5 Å². The van der Waals surface area contributed by atoms with E-state index in [4.69, 9.17) is 11.6 Å². The fourth-order valence-electron chi connectivity index (χ4n) is 1.54. The van der Waals surface area contributed by atoms with Gasteiger partial charge in [-0.15, -0.1) is 0 Å². The van der Waals surface area contributed by atoms with Crippen LogP contribution in [-0.2, 0) is 0 Å². The first kappa shape index (κ1) is 13.2. The first-order valence-corrected chi connectivity index (χ1v) is 5.81. The highest BCUT2D eigenvalue weighted by atomic mass is 35.5. The lowest BCUT2D eigenvalue weighted by molar-refractivity contribution is 0.102. The van der Waals surface area contributed by atoms with Crippen molar-refractivity contribution in [1.29, 1.82) is 0 Å². The van der Waals surface area contributed by atoms with E-state index in [1.165, 1.54) is 18.2 Å². The number of nitrogens with one attached hydrogen (secondary N) is 1. The molecule has 0 unspecified atom stereocenters. The molecule has 0 saturated heterocycles. The monoisotopic (exact) mass is 278 g/mol. The summed E-state index contributed by atoms with van der Waals surface area (Å²) < 4.78 is 0. The molecular formula is C13H11ClN2O3. The SMILES string of the molecule is Cc1cnc(Cl)c(NC(=O)c2cccc(O)c2O)c1. The molecule has 0 aliphatic carbocycles. The van der Waals surface area contributed by atoms with E-state index in [1.807, 2.05) is 6.92 Å². The summed E-state index contributed by atoms with van der Waals surface area (Å²) in [4.78, 5) is 15.9. The standard InChI is InChI=1S/C13H11ClN2O3/c1-7-5-9(12(14)15-6-7)16-13(19)8-3-2-4-10(17)11(8)18/h2-6,17-18H,1H3,(H,16,19). The zero-order valence-corrected chi connectivity index (χ0v) is 10.8. The molecular weight excluding hydrogens is 268 g/mol. The Balaban J connectivity index is 2.31. The molecule has 0 aliphatic heterocycles. The number of phenols is 2. The zero-order valence-electron chi connectivity index (χ0n) is 10.0. The second-order valence-corrected chi connectivity index (χ2v) is 4.34. The lowest BCUT2D eigenvalue weighted by Crippen LogP contribution is -2.12. The van der Waals surface area contributed by atoms with E-state index in [0.29, 0.717) is 5.69 Å². The van der Waals surface area contributed by atoms with E-state index < -0.39 is 11.7 Å². The molecule has 0 spiro atoms. The van der Waals surface area contributed by atoms with Gasteiger partial charge in [-0.3, -0.25) is 4.79 Å². The van der Waals surface area contributed by atoms with Crippen LogP contribution >= 0.6 is 11.6 Å². The van der Waals surface area contributed by atoms with Crippen molar-refractivity contribution >= 4 is 23.2 Å². The second-order valence-electron chi connectivity index (χ2n) is 3.98. The van der Waals surface area contributed by atoms with Gasteiger partial charge in [-0.05, 0) is 30.7 Å². The number of aromatic nitrogens is 1. The summed E-state index contributed by atoms with van der Waals surface area (Å²) in [6.45, 7) is 1.81. The molecule has 19 heavy (non-hydrogen) atoms. The Kier molecular flexibility index (Phi) is 3.57. The number of amides is 1. The fourth-order valence-corrected chi connectivity index (χ4v) is 1.69. The number of aryl methyl sites for hydroxylation is 1. The normalized spacial score (nSPS) is 10.2. The smallest absolute Gasteiger partial charge is 0.259 e. The van der Waals surface area contributed by atoms with Gasteiger partial charge < -0.3 is 15.5 Å². The number of phenolic OH excluding ortho intramolecular Hbond substituents is 2. The number of hydrogen-bond donors (Lipinski definition) is 3.